The van der Waals surface area contributed by atoms with Crippen LogP contribution in [0.2, 0.25) is 0 Å². The highest BCUT2D eigenvalue weighted by atomic mass is 16.5. The first kappa shape index (κ1) is 15.9. The summed E-state index contributed by atoms with van der Waals surface area (Å²) in [5, 5.41) is 14.3. The Morgan fingerprint density at radius 3 is 2.79 bits per heavy atom. The van der Waals surface area contributed by atoms with Crippen molar-refractivity contribution in [3.05, 3.63) is 60.3 Å². The molecule has 5 heteroatoms. The lowest BCUT2D eigenvalue weighted by Gasteiger charge is -2.05. The van der Waals surface area contributed by atoms with Crippen LogP contribution < -0.4 is 10.2 Å². The fraction of sp³-hybridized carbons (Fsp3) is 0.211. The van der Waals surface area contributed by atoms with Crippen LogP contribution in [0.5, 0.6) is 5.75 Å². The highest BCUT2D eigenvalue weighted by Crippen LogP contribution is 2.19. The Kier molecular flexibility index (Phi) is 5.35. The molecule has 122 valence electrons. The number of nitrogens with one attached hydrogen (secondary N) is 1. The first-order chi connectivity index (χ1) is 11.9. The normalized spacial score (nSPS) is 11.0. The Morgan fingerprint density at radius 1 is 1.12 bits per heavy atom. The third kappa shape index (κ3) is 4.07. The van der Waals surface area contributed by atoms with Crippen molar-refractivity contribution in [3.63, 3.8) is 0 Å². The van der Waals surface area contributed by atoms with Gasteiger partial charge in [0.25, 0.3) is 0 Å². The van der Waals surface area contributed by atoms with Gasteiger partial charge in [0.2, 0.25) is 0 Å². The summed E-state index contributed by atoms with van der Waals surface area (Å²) >= 11 is 0. The SMILES string of the molecule is CCCCOc1ccc(C=NNc2nncc3ccccc23)cc1. The molecular weight excluding hydrogens is 300 g/mol. The van der Waals surface area contributed by atoms with E-state index < -0.39 is 0 Å². The van der Waals surface area contributed by atoms with Gasteiger partial charge in [-0.05, 0) is 36.2 Å². The lowest BCUT2D eigenvalue weighted by atomic mass is 10.2. The highest BCUT2D eigenvalue weighted by molar-refractivity contribution is 5.91. The number of ether oxygens (including phenoxy) is 1. The molecule has 0 aliphatic rings. The molecular formula is C19H20N4O. The van der Waals surface area contributed by atoms with Crippen LogP contribution in [0.25, 0.3) is 10.8 Å². The van der Waals surface area contributed by atoms with Crippen LogP contribution in [-0.2, 0) is 0 Å². The van der Waals surface area contributed by atoms with E-state index >= 15 is 0 Å². The molecule has 5 nitrogen and oxygen atoms in total. The number of nitrogens with zero attached hydrogens (tertiary/aromatic N) is 3. The van der Waals surface area contributed by atoms with Crippen molar-refractivity contribution in [2.75, 3.05) is 12.0 Å². The zero-order valence-electron chi connectivity index (χ0n) is 13.6. The van der Waals surface area contributed by atoms with E-state index in [1.54, 1.807) is 12.4 Å². The molecule has 0 fully saturated rings. The summed E-state index contributed by atoms with van der Waals surface area (Å²) in [7, 11) is 0. The van der Waals surface area contributed by atoms with Gasteiger partial charge in [-0.15, -0.1) is 5.10 Å². The second-order valence-electron chi connectivity index (χ2n) is 5.42. The average Bonchev–Trinajstić information content (AvgIpc) is 2.63. The molecule has 0 saturated heterocycles. The van der Waals surface area contributed by atoms with Crippen LogP contribution in [0.15, 0.2) is 59.8 Å². The van der Waals surface area contributed by atoms with Crippen LogP contribution >= 0.6 is 0 Å². The van der Waals surface area contributed by atoms with Crippen molar-refractivity contribution >= 4 is 22.8 Å². The van der Waals surface area contributed by atoms with Gasteiger partial charge >= 0.3 is 0 Å². The Morgan fingerprint density at radius 2 is 1.96 bits per heavy atom. The summed E-state index contributed by atoms with van der Waals surface area (Å²) in [5.41, 5.74) is 3.94. The summed E-state index contributed by atoms with van der Waals surface area (Å²) in [6, 6.07) is 15.8. The first-order valence-electron chi connectivity index (χ1n) is 8.09. The maximum Gasteiger partial charge on any atom is 0.176 e. The van der Waals surface area contributed by atoms with Crippen molar-refractivity contribution in [2.45, 2.75) is 19.8 Å². The summed E-state index contributed by atoms with van der Waals surface area (Å²) in [4.78, 5) is 0. The maximum atomic E-state index is 5.64. The summed E-state index contributed by atoms with van der Waals surface area (Å²) in [6.07, 6.45) is 5.69. The molecule has 1 heterocycles. The lowest BCUT2D eigenvalue weighted by molar-refractivity contribution is 0.309. The number of unbranched alkanes of at least 4 members (excludes halogenated alkanes) is 1. The molecule has 0 amide bonds. The maximum absolute atomic E-state index is 5.64. The topological polar surface area (TPSA) is 59.4 Å². The third-order valence-corrected chi connectivity index (χ3v) is 3.60. The fourth-order valence-electron chi connectivity index (χ4n) is 2.26. The Bertz CT molecular complexity index is 810. The minimum Gasteiger partial charge on any atom is -0.494 e. The molecule has 0 radical (unpaired) electrons. The number of hydrogen-bond acceptors (Lipinski definition) is 5. The smallest absolute Gasteiger partial charge is 0.176 e. The van der Waals surface area contributed by atoms with Gasteiger partial charge in [-0.3, -0.25) is 5.43 Å². The zero-order chi connectivity index (χ0) is 16.6. The Labute approximate surface area is 141 Å². The standard InChI is InChI=1S/C19H20N4O/c1-2-3-12-24-17-10-8-15(9-11-17)13-20-22-19-18-7-5-4-6-16(18)14-21-23-19/h4-11,13-14H,2-3,12H2,1H3,(H,22,23). The predicted molar refractivity (Wildman–Crippen MR) is 97.6 cm³/mol. The van der Waals surface area contributed by atoms with Gasteiger partial charge in [-0.2, -0.15) is 10.2 Å². The number of anilines is 1. The molecule has 1 N–H and O–H groups in total. The van der Waals surface area contributed by atoms with E-state index in [0.29, 0.717) is 5.82 Å². The quantitative estimate of drug-likeness (QED) is 0.401. The van der Waals surface area contributed by atoms with Crippen molar-refractivity contribution in [1.29, 1.82) is 0 Å². The molecule has 0 aliphatic heterocycles. The monoisotopic (exact) mass is 320 g/mol. The average molecular weight is 320 g/mol. The van der Waals surface area contributed by atoms with Crippen LogP contribution in [0.3, 0.4) is 0 Å². The van der Waals surface area contributed by atoms with E-state index in [2.05, 4.69) is 27.6 Å². The van der Waals surface area contributed by atoms with Gasteiger partial charge < -0.3 is 4.74 Å². The molecule has 0 bridgehead atoms. The number of benzene rings is 2. The first-order valence-corrected chi connectivity index (χ1v) is 8.09. The second-order valence-corrected chi connectivity index (χ2v) is 5.42. The van der Waals surface area contributed by atoms with Crippen molar-refractivity contribution < 1.29 is 4.74 Å². The minimum atomic E-state index is 0.642. The van der Waals surface area contributed by atoms with E-state index in [4.69, 9.17) is 4.74 Å². The summed E-state index contributed by atoms with van der Waals surface area (Å²) in [5.74, 6) is 1.53. The van der Waals surface area contributed by atoms with Gasteiger partial charge in [0.05, 0.1) is 19.0 Å². The van der Waals surface area contributed by atoms with Crippen molar-refractivity contribution in [3.8, 4) is 5.75 Å². The van der Waals surface area contributed by atoms with Gasteiger partial charge in [0, 0.05) is 10.8 Å². The molecule has 3 aromatic rings. The van der Waals surface area contributed by atoms with E-state index in [0.717, 1.165) is 41.5 Å². The molecule has 1 aromatic heterocycles. The van der Waals surface area contributed by atoms with Crippen LogP contribution in [0, 0.1) is 0 Å². The summed E-state index contributed by atoms with van der Waals surface area (Å²) < 4.78 is 5.64. The van der Waals surface area contributed by atoms with Gasteiger partial charge in [-0.1, -0.05) is 37.6 Å². The molecule has 0 atom stereocenters. The van der Waals surface area contributed by atoms with E-state index in [9.17, 15) is 0 Å². The van der Waals surface area contributed by atoms with Crippen molar-refractivity contribution in [1.82, 2.24) is 10.2 Å². The highest BCUT2D eigenvalue weighted by Gasteiger charge is 2.00. The molecule has 0 unspecified atom stereocenters. The van der Waals surface area contributed by atoms with Crippen LogP contribution in [0.1, 0.15) is 25.3 Å². The Hall–Kier alpha value is -2.95. The largest absolute Gasteiger partial charge is 0.494 e. The lowest BCUT2D eigenvalue weighted by Crippen LogP contribution is -1.97. The zero-order valence-corrected chi connectivity index (χ0v) is 13.6. The number of rotatable bonds is 7. The molecule has 0 saturated carbocycles. The second kappa shape index (κ2) is 8.06. The number of hydrazone groups is 1. The van der Waals surface area contributed by atoms with E-state index in [1.807, 2.05) is 48.5 Å². The minimum absolute atomic E-state index is 0.642. The Balaban J connectivity index is 1.63. The molecule has 2 aromatic carbocycles. The van der Waals surface area contributed by atoms with Gasteiger partial charge in [0.15, 0.2) is 5.82 Å². The fourth-order valence-corrected chi connectivity index (χ4v) is 2.26. The molecule has 3 rings (SSSR count). The van der Waals surface area contributed by atoms with Crippen LogP contribution in [0.4, 0.5) is 5.82 Å². The van der Waals surface area contributed by atoms with Gasteiger partial charge in [0.1, 0.15) is 5.75 Å². The molecule has 24 heavy (non-hydrogen) atoms. The van der Waals surface area contributed by atoms with Crippen LogP contribution in [-0.4, -0.2) is 23.0 Å². The third-order valence-electron chi connectivity index (χ3n) is 3.60. The molecule has 0 aliphatic carbocycles. The van der Waals surface area contributed by atoms with E-state index in [-0.39, 0.29) is 0 Å². The van der Waals surface area contributed by atoms with Gasteiger partial charge in [-0.25, -0.2) is 0 Å². The molecule has 0 spiro atoms. The number of aromatic nitrogens is 2. The number of hydrogen-bond donors (Lipinski definition) is 1. The van der Waals surface area contributed by atoms with Crippen molar-refractivity contribution in [2.24, 2.45) is 5.10 Å². The summed E-state index contributed by atoms with van der Waals surface area (Å²) in [6.45, 7) is 2.90. The number of fused-ring (bicyclic) bond motifs is 1. The van der Waals surface area contributed by atoms with E-state index in [1.165, 1.54) is 0 Å². The predicted octanol–water partition coefficient (Wildman–Crippen LogP) is 4.25.